The third-order valence-corrected chi connectivity index (χ3v) is 1.85. The van der Waals surface area contributed by atoms with E-state index >= 15 is 0 Å². The van der Waals surface area contributed by atoms with Crippen LogP contribution >= 0.6 is 0 Å². The molecule has 0 fully saturated rings. The zero-order valence-corrected chi connectivity index (χ0v) is 7.16. The van der Waals surface area contributed by atoms with E-state index in [1.807, 2.05) is 24.3 Å². The van der Waals surface area contributed by atoms with Crippen molar-refractivity contribution in [2.45, 2.75) is 19.3 Å². The fourth-order valence-corrected chi connectivity index (χ4v) is 1.13. The maximum Gasteiger partial charge on any atom is 0.0431 e. The van der Waals surface area contributed by atoms with Crippen molar-refractivity contribution in [2.24, 2.45) is 0 Å². The maximum absolute atomic E-state index is 8.57. The van der Waals surface area contributed by atoms with Gasteiger partial charge in [-0.15, -0.1) is 0 Å². The summed E-state index contributed by atoms with van der Waals surface area (Å²) >= 11 is 0. The predicted octanol–water partition coefficient (Wildman–Crippen LogP) is 1.58. The Labute approximate surface area is 73.0 Å². The highest BCUT2D eigenvalue weighted by Gasteiger charge is 1.92. The lowest BCUT2D eigenvalue weighted by Crippen LogP contribution is -1.89. The molecule has 0 atom stereocenters. The van der Waals surface area contributed by atoms with E-state index in [1.165, 1.54) is 5.56 Å². The van der Waals surface area contributed by atoms with Crippen molar-refractivity contribution in [3.63, 3.8) is 0 Å². The molecular formula is C10H15NO. The van der Waals surface area contributed by atoms with Gasteiger partial charge >= 0.3 is 0 Å². The van der Waals surface area contributed by atoms with E-state index in [9.17, 15) is 0 Å². The summed E-state index contributed by atoms with van der Waals surface area (Å²) in [7, 11) is 0. The molecular weight excluding hydrogens is 150 g/mol. The Hall–Kier alpha value is -1.02. The largest absolute Gasteiger partial charge is 0.399 e. The Morgan fingerprint density at radius 1 is 1.08 bits per heavy atom. The topological polar surface area (TPSA) is 46.2 Å². The summed E-state index contributed by atoms with van der Waals surface area (Å²) in [5.41, 5.74) is 7.64. The second-order valence-electron chi connectivity index (χ2n) is 2.92. The van der Waals surface area contributed by atoms with E-state index < -0.39 is 0 Å². The number of aliphatic hydroxyl groups excluding tert-OH is 1. The number of anilines is 1. The summed E-state index contributed by atoms with van der Waals surface area (Å²) in [4.78, 5) is 0. The van der Waals surface area contributed by atoms with Crippen molar-refractivity contribution < 1.29 is 5.11 Å². The van der Waals surface area contributed by atoms with Gasteiger partial charge in [-0.3, -0.25) is 0 Å². The van der Waals surface area contributed by atoms with Gasteiger partial charge in [-0.05, 0) is 37.0 Å². The van der Waals surface area contributed by atoms with Crippen molar-refractivity contribution in [2.75, 3.05) is 12.3 Å². The van der Waals surface area contributed by atoms with Gasteiger partial charge in [-0.2, -0.15) is 0 Å². The summed E-state index contributed by atoms with van der Waals surface area (Å²) < 4.78 is 0. The minimum Gasteiger partial charge on any atom is -0.399 e. The highest BCUT2D eigenvalue weighted by molar-refractivity contribution is 5.39. The van der Waals surface area contributed by atoms with Gasteiger partial charge in [-0.1, -0.05) is 12.1 Å². The maximum atomic E-state index is 8.57. The van der Waals surface area contributed by atoms with E-state index in [4.69, 9.17) is 10.8 Å². The van der Waals surface area contributed by atoms with Gasteiger partial charge < -0.3 is 10.8 Å². The average Bonchev–Trinajstić information content (AvgIpc) is 2.09. The van der Waals surface area contributed by atoms with E-state index in [0.717, 1.165) is 24.9 Å². The third kappa shape index (κ3) is 2.93. The Morgan fingerprint density at radius 3 is 2.33 bits per heavy atom. The van der Waals surface area contributed by atoms with Crippen molar-refractivity contribution in [3.05, 3.63) is 29.8 Å². The number of unbranched alkanes of at least 4 members (excludes halogenated alkanes) is 1. The quantitative estimate of drug-likeness (QED) is 0.525. The molecule has 12 heavy (non-hydrogen) atoms. The molecule has 0 aliphatic rings. The Balaban J connectivity index is 2.37. The first kappa shape index (κ1) is 9.07. The molecule has 0 unspecified atom stereocenters. The smallest absolute Gasteiger partial charge is 0.0431 e. The summed E-state index contributed by atoms with van der Waals surface area (Å²) in [6.07, 6.45) is 2.95. The van der Waals surface area contributed by atoms with Crippen LogP contribution < -0.4 is 5.73 Å². The molecule has 0 saturated heterocycles. The SMILES string of the molecule is Nc1ccc(CCCCO)cc1. The third-order valence-electron chi connectivity index (χ3n) is 1.85. The zero-order chi connectivity index (χ0) is 8.81. The van der Waals surface area contributed by atoms with Crippen LogP contribution in [0, 0.1) is 0 Å². The molecule has 0 aromatic heterocycles. The van der Waals surface area contributed by atoms with Crippen LogP contribution in [0.2, 0.25) is 0 Å². The van der Waals surface area contributed by atoms with Crippen LogP contribution in [0.4, 0.5) is 5.69 Å². The molecule has 0 saturated carbocycles. The number of nitrogens with two attached hydrogens (primary N) is 1. The number of rotatable bonds is 4. The van der Waals surface area contributed by atoms with Gasteiger partial charge in [0.1, 0.15) is 0 Å². The first-order chi connectivity index (χ1) is 5.83. The van der Waals surface area contributed by atoms with Crippen LogP contribution in [0.3, 0.4) is 0 Å². The molecule has 2 heteroatoms. The number of hydrogen-bond acceptors (Lipinski definition) is 2. The lowest BCUT2D eigenvalue weighted by Gasteiger charge is -2.00. The molecule has 0 heterocycles. The van der Waals surface area contributed by atoms with E-state index in [-0.39, 0.29) is 6.61 Å². The van der Waals surface area contributed by atoms with Crippen molar-refractivity contribution in [1.29, 1.82) is 0 Å². The average molecular weight is 165 g/mol. The molecule has 1 aromatic carbocycles. The molecule has 0 aliphatic carbocycles. The molecule has 0 radical (unpaired) electrons. The fourth-order valence-electron chi connectivity index (χ4n) is 1.13. The van der Waals surface area contributed by atoms with Crippen LogP contribution in [-0.4, -0.2) is 11.7 Å². The highest BCUT2D eigenvalue weighted by atomic mass is 16.2. The molecule has 0 bridgehead atoms. The van der Waals surface area contributed by atoms with E-state index in [0.29, 0.717) is 0 Å². The van der Waals surface area contributed by atoms with Gasteiger partial charge in [-0.25, -0.2) is 0 Å². The Morgan fingerprint density at radius 2 is 1.75 bits per heavy atom. The summed E-state index contributed by atoms with van der Waals surface area (Å²) in [6, 6.07) is 7.89. The molecule has 0 spiro atoms. The van der Waals surface area contributed by atoms with Crippen LogP contribution in [0.15, 0.2) is 24.3 Å². The minimum absolute atomic E-state index is 0.287. The van der Waals surface area contributed by atoms with Crippen LogP contribution in [-0.2, 0) is 6.42 Å². The van der Waals surface area contributed by atoms with E-state index in [2.05, 4.69) is 0 Å². The summed E-state index contributed by atoms with van der Waals surface area (Å²) in [6.45, 7) is 0.287. The van der Waals surface area contributed by atoms with Crippen LogP contribution in [0.25, 0.3) is 0 Å². The molecule has 2 nitrogen and oxygen atoms in total. The summed E-state index contributed by atoms with van der Waals surface area (Å²) in [5, 5.41) is 8.57. The Kier molecular flexibility index (Phi) is 3.61. The van der Waals surface area contributed by atoms with Crippen molar-refractivity contribution in [3.8, 4) is 0 Å². The second-order valence-corrected chi connectivity index (χ2v) is 2.92. The summed E-state index contributed by atoms with van der Waals surface area (Å²) in [5.74, 6) is 0. The lowest BCUT2D eigenvalue weighted by atomic mass is 10.1. The molecule has 66 valence electrons. The van der Waals surface area contributed by atoms with Gasteiger partial charge in [0.05, 0.1) is 0 Å². The van der Waals surface area contributed by atoms with Crippen molar-refractivity contribution >= 4 is 5.69 Å². The lowest BCUT2D eigenvalue weighted by molar-refractivity contribution is 0.284. The standard InChI is InChI=1S/C10H15NO/c11-10-6-4-9(5-7-10)3-1-2-8-12/h4-7,12H,1-3,8,11H2. The second kappa shape index (κ2) is 4.78. The van der Waals surface area contributed by atoms with Gasteiger partial charge in [0, 0.05) is 12.3 Å². The molecule has 0 amide bonds. The van der Waals surface area contributed by atoms with E-state index in [1.54, 1.807) is 0 Å². The zero-order valence-electron chi connectivity index (χ0n) is 7.16. The molecule has 1 rings (SSSR count). The first-order valence-electron chi connectivity index (χ1n) is 4.28. The fraction of sp³-hybridized carbons (Fsp3) is 0.400. The number of nitrogen functional groups attached to an aromatic ring is 1. The molecule has 1 aromatic rings. The predicted molar refractivity (Wildman–Crippen MR) is 50.9 cm³/mol. The monoisotopic (exact) mass is 165 g/mol. The number of aliphatic hydroxyl groups is 1. The van der Waals surface area contributed by atoms with Crippen LogP contribution in [0.1, 0.15) is 18.4 Å². The van der Waals surface area contributed by atoms with Crippen molar-refractivity contribution in [1.82, 2.24) is 0 Å². The molecule has 0 aliphatic heterocycles. The first-order valence-corrected chi connectivity index (χ1v) is 4.28. The highest BCUT2D eigenvalue weighted by Crippen LogP contribution is 2.08. The number of benzene rings is 1. The normalized spacial score (nSPS) is 10.1. The minimum atomic E-state index is 0.287. The Bertz CT molecular complexity index is 218. The van der Waals surface area contributed by atoms with Gasteiger partial charge in [0.2, 0.25) is 0 Å². The number of aryl methyl sites for hydroxylation is 1. The van der Waals surface area contributed by atoms with Crippen LogP contribution in [0.5, 0.6) is 0 Å². The molecule has 3 N–H and O–H groups in total. The van der Waals surface area contributed by atoms with Gasteiger partial charge in [0.15, 0.2) is 0 Å². The number of hydrogen-bond donors (Lipinski definition) is 2. The van der Waals surface area contributed by atoms with Gasteiger partial charge in [0.25, 0.3) is 0 Å².